The number of hydrogen-bond acceptors (Lipinski definition) is 4. The van der Waals surface area contributed by atoms with Crippen LogP contribution in [-0.4, -0.2) is 27.0 Å². The van der Waals surface area contributed by atoms with Gasteiger partial charge in [-0.2, -0.15) is 13.2 Å². The number of carbonyl (C=O) groups excluding carboxylic acids is 2. The molecule has 2 aromatic carbocycles. The van der Waals surface area contributed by atoms with Crippen LogP contribution in [0.5, 0.6) is 0 Å². The quantitative estimate of drug-likeness (QED) is 0.568. The third-order valence-electron chi connectivity index (χ3n) is 6.56. The Morgan fingerprint density at radius 2 is 1.94 bits per heavy atom. The molecule has 1 fully saturated rings. The number of hydrogen-bond donors (Lipinski definition) is 0. The van der Waals surface area contributed by atoms with E-state index in [4.69, 9.17) is 0 Å². The number of aryl methyl sites for hydroxylation is 1. The number of fused-ring (bicyclic) bond motifs is 1. The van der Waals surface area contributed by atoms with Crippen molar-refractivity contribution in [1.29, 1.82) is 0 Å². The lowest BCUT2D eigenvalue weighted by Gasteiger charge is -2.41. The number of amides is 1. The zero-order valence-corrected chi connectivity index (χ0v) is 17.2. The summed E-state index contributed by atoms with van der Waals surface area (Å²) in [6, 6.07) is 9.36. The van der Waals surface area contributed by atoms with Gasteiger partial charge in [-0.25, -0.2) is 0 Å². The van der Waals surface area contributed by atoms with Crippen molar-refractivity contribution >= 4 is 17.9 Å². The van der Waals surface area contributed by atoms with E-state index in [1.807, 2.05) is 23.7 Å². The van der Waals surface area contributed by atoms with Gasteiger partial charge in [0.05, 0.1) is 17.5 Å². The molecule has 2 heterocycles. The topological polar surface area (TPSA) is 68.1 Å². The van der Waals surface area contributed by atoms with Crippen molar-refractivity contribution in [2.45, 2.75) is 37.4 Å². The van der Waals surface area contributed by atoms with Gasteiger partial charge in [0.2, 0.25) is 0 Å². The van der Waals surface area contributed by atoms with Gasteiger partial charge in [-0.1, -0.05) is 18.6 Å². The molecule has 0 saturated heterocycles. The first kappa shape index (κ1) is 20.4. The predicted octanol–water partition coefficient (Wildman–Crippen LogP) is 4.28. The number of halogens is 3. The molecule has 0 atom stereocenters. The minimum Gasteiger partial charge on any atom is -0.320 e. The predicted molar refractivity (Wildman–Crippen MR) is 109 cm³/mol. The lowest BCUT2D eigenvalue weighted by molar-refractivity contribution is -0.138. The highest BCUT2D eigenvalue weighted by atomic mass is 19.4. The second-order valence-electron chi connectivity index (χ2n) is 8.35. The van der Waals surface area contributed by atoms with Gasteiger partial charge in [-0.3, -0.25) is 9.59 Å². The Morgan fingerprint density at radius 3 is 2.53 bits per heavy atom. The summed E-state index contributed by atoms with van der Waals surface area (Å²) in [5.41, 5.74) is -0.180. The number of aromatic nitrogens is 3. The van der Waals surface area contributed by atoms with Gasteiger partial charge in [-0.15, -0.1) is 10.2 Å². The van der Waals surface area contributed by atoms with Crippen molar-refractivity contribution in [3.63, 3.8) is 0 Å². The van der Waals surface area contributed by atoms with Gasteiger partial charge < -0.3 is 9.47 Å². The average Bonchev–Trinajstić information content (AvgIpc) is 3.30. The van der Waals surface area contributed by atoms with Gasteiger partial charge in [0, 0.05) is 23.9 Å². The summed E-state index contributed by atoms with van der Waals surface area (Å²) in [5.74, 6) is 0.277. The first-order valence-corrected chi connectivity index (χ1v) is 10.2. The number of rotatable bonds is 4. The second kappa shape index (κ2) is 7.01. The van der Waals surface area contributed by atoms with Crippen molar-refractivity contribution in [3.8, 4) is 0 Å². The monoisotopic (exact) mass is 440 g/mol. The fourth-order valence-corrected chi connectivity index (χ4v) is 4.82. The molecule has 32 heavy (non-hydrogen) atoms. The molecule has 3 aromatic rings. The minimum absolute atomic E-state index is 0.0843. The number of aldehydes is 1. The molecule has 1 aliphatic heterocycles. The summed E-state index contributed by atoms with van der Waals surface area (Å²) in [4.78, 5) is 25.6. The number of carbonyl (C=O) groups is 2. The van der Waals surface area contributed by atoms with E-state index in [9.17, 15) is 22.8 Å². The smallest absolute Gasteiger partial charge is 0.320 e. The fourth-order valence-electron chi connectivity index (χ4n) is 4.82. The number of alkyl halides is 3. The molecule has 1 aliphatic carbocycles. The first-order chi connectivity index (χ1) is 15.2. The zero-order chi connectivity index (χ0) is 22.7. The van der Waals surface area contributed by atoms with E-state index in [-0.39, 0.29) is 28.7 Å². The molecule has 0 unspecified atom stereocenters. The van der Waals surface area contributed by atoms with Crippen molar-refractivity contribution in [1.82, 2.24) is 14.8 Å². The van der Waals surface area contributed by atoms with Crippen LogP contribution in [0.3, 0.4) is 0 Å². The van der Waals surface area contributed by atoms with Gasteiger partial charge in [0.15, 0.2) is 0 Å². The Morgan fingerprint density at radius 1 is 1.16 bits per heavy atom. The highest BCUT2D eigenvalue weighted by Crippen LogP contribution is 2.49. The van der Waals surface area contributed by atoms with E-state index < -0.39 is 17.6 Å². The fraction of sp³-hybridized carbons (Fsp3) is 0.304. The summed E-state index contributed by atoms with van der Waals surface area (Å²) in [6.45, 7) is -0.206. The lowest BCUT2D eigenvalue weighted by Crippen LogP contribution is -2.38. The van der Waals surface area contributed by atoms with Gasteiger partial charge >= 0.3 is 6.18 Å². The molecule has 0 N–H and O–H groups in total. The summed E-state index contributed by atoms with van der Waals surface area (Å²) in [6.07, 6.45) is 0.0731. The van der Waals surface area contributed by atoms with Crippen LogP contribution in [0, 0.1) is 0 Å². The highest BCUT2D eigenvalue weighted by Gasteiger charge is 2.45. The van der Waals surface area contributed by atoms with Crippen LogP contribution in [0.2, 0.25) is 0 Å². The van der Waals surface area contributed by atoms with Crippen LogP contribution in [-0.2, 0) is 25.2 Å². The maximum Gasteiger partial charge on any atom is 0.416 e. The summed E-state index contributed by atoms with van der Waals surface area (Å²) >= 11 is 0. The van der Waals surface area contributed by atoms with Crippen LogP contribution in [0.4, 0.5) is 18.9 Å². The van der Waals surface area contributed by atoms with E-state index in [1.54, 1.807) is 18.5 Å². The molecule has 2 aliphatic rings. The third kappa shape index (κ3) is 2.95. The maximum atomic E-state index is 13.6. The summed E-state index contributed by atoms with van der Waals surface area (Å²) < 4.78 is 42.7. The Labute approximate surface area is 181 Å². The molecule has 5 rings (SSSR count). The van der Waals surface area contributed by atoms with E-state index >= 15 is 0 Å². The van der Waals surface area contributed by atoms with Gasteiger partial charge in [0.1, 0.15) is 18.4 Å². The van der Waals surface area contributed by atoms with Crippen molar-refractivity contribution in [2.24, 2.45) is 7.05 Å². The normalized spacial score (nSPS) is 17.2. The maximum absolute atomic E-state index is 13.6. The van der Waals surface area contributed by atoms with Crippen molar-refractivity contribution in [3.05, 3.63) is 76.4 Å². The van der Waals surface area contributed by atoms with Crippen LogP contribution in [0.1, 0.15) is 62.5 Å². The highest BCUT2D eigenvalue weighted by molar-refractivity contribution is 6.11. The first-order valence-electron chi connectivity index (χ1n) is 10.2. The Hall–Kier alpha value is -3.49. The van der Waals surface area contributed by atoms with Crippen LogP contribution >= 0.6 is 0 Å². The third-order valence-corrected chi connectivity index (χ3v) is 6.56. The van der Waals surface area contributed by atoms with E-state index in [1.165, 1.54) is 11.0 Å². The molecular weight excluding hydrogens is 421 g/mol. The molecule has 0 bridgehead atoms. The molecule has 6 nitrogen and oxygen atoms in total. The Balaban J connectivity index is 1.56. The van der Waals surface area contributed by atoms with Crippen LogP contribution < -0.4 is 4.90 Å². The molecular formula is C23H19F3N4O2. The molecule has 1 amide bonds. The van der Waals surface area contributed by atoms with Crippen molar-refractivity contribution in [2.75, 3.05) is 4.90 Å². The van der Waals surface area contributed by atoms with E-state index in [0.717, 1.165) is 36.7 Å². The molecule has 1 aromatic heterocycles. The molecule has 0 radical (unpaired) electrons. The van der Waals surface area contributed by atoms with E-state index in [0.29, 0.717) is 12.0 Å². The van der Waals surface area contributed by atoms with Crippen molar-refractivity contribution < 1.29 is 22.8 Å². The van der Waals surface area contributed by atoms with Gasteiger partial charge in [-0.05, 0) is 48.2 Å². The molecule has 1 saturated carbocycles. The summed E-state index contributed by atoms with van der Waals surface area (Å²) in [5, 5.41) is 8.29. The van der Waals surface area contributed by atoms with Crippen LogP contribution in [0.25, 0.3) is 0 Å². The van der Waals surface area contributed by atoms with Gasteiger partial charge in [0.25, 0.3) is 5.91 Å². The minimum atomic E-state index is -4.66. The standard InChI is InChI=1S/C23H19F3N4O2/c1-29-13-27-28-21(29)22(6-3-7-22)15-4-2-5-16(10-15)30-11-18-17(20(30)32)8-14(12-31)9-19(18)23(24,25)26/h2,4-5,8-10,12-13H,3,6-7,11H2,1H3. The SMILES string of the molecule is Cn1cnnc1C1(c2cccc(N3Cc4c(cc(C=O)cc4C(F)(F)F)C3=O)c2)CCC1. The molecule has 9 heteroatoms. The summed E-state index contributed by atoms with van der Waals surface area (Å²) in [7, 11) is 1.88. The lowest BCUT2D eigenvalue weighted by atomic mass is 9.63. The Kier molecular flexibility index (Phi) is 4.47. The molecule has 0 spiro atoms. The molecule has 164 valence electrons. The number of benzene rings is 2. The average molecular weight is 440 g/mol. The zero-order valence-electron chi connectivity index (χ0n) is 17.2. The van der Waals surface area contributed by atoms with E-state index in [2.05, 4.69) is 10.2 Å². The largest absolute Gasteiger partial charge is 0.416 e. The Bertz CT molecular complexity index is 1240. The van der Waals surface area contributed by atoms with Crippen LogP contribution in [0.15, 0.2) is 42.7 Å². The number of anilines is 1. The number of nitrogens with zero attached hydrogens (tertiary/aromatic N) is 4. The second-order valence-corrected chi connectivity index (χ2v) is 8.35.